The van der Waals surface area contributed by atoms with Crippen molar-refractivity contribution < 1.29 is 9.59 Å². The van der Waals surface area contributed by atoms with Crippen LogP contribution in [0.2, 0.25) is 0 Å². The van der Waals surface area contributed by atoms with Gasteiger partial charge in [-0.25, -0.2) is 0 Å². The van der Waals surface area contributed by atoms with Crippen molar-refractivity contribution in [3.05, 3.63) is 29.8 Å². The zero-order valence-corrected chi connectivity index (χ0v) is 14.8. The van der Waals surface area contributed by atoms with Gasteiger partial charge >= 0.3 is 0 Å². The topological polar surface area (TPSA) is 49.4 Å². The fraction of sp³-hybridized carbons (Fsp3) is 0.500. The van der Waals surface area contributed by atoms with Crippen molar-refractivity contribution in [3.63, 3.8) is 0 Å². The van der Waals surface area contributed by atoms with Crippen LogP contribution >= 0.6 is 0 Å². The molecule has 1 N–H and O–H groups in total. The second-order valence-electron chi connectivity index (χ2n) is 7.37. The monoisotopic (exact) mass is 326 g/mol. The predicted octanol–water partition coefficient (Wildman–Crippen LogP) is 3.11. The molecular formula is C20H26N2O2. The van der Waals surface area contributed by atoms with E-state index >= 15 is 0 Å². The van der Waals surface area contributed by atoms with Gasteiger partial charge < -0.3 is 10.2 Å². The maximum Gasteiger partial charge on any atom is 0.226 e. The van der Waals surface area contributed by atoms with E-state index in [0.29, 0.717) is 19.4 Å². The maximum atomic E-state index is 11.9. The first-order chi connectivity index (χ1) is 11.3. The second kappa shape index (κ2) is 8.01. The van der Waals surface area contributed by atoms with Crippen molar-refractivity contribution >= 4 is 17.5 Å². The number of nitrogens with one attached hydrogen (secondary N) is 1. The highest BCUT2D eigenvalue weighted by atomic mass is 16.2. The molecule has 1 fully saturated rings. The van der Waals surface area contributed by atoms with Gasteiger partial charge in [-0.05, 0) is 42.5 Å². The molecule has 0 atom stereocenters. The fourth-order valence-electron chi connectivity index (χ4n) is 2.64. The molecule has 0 aliphatic carbocycles. The Balaban J connectivity index is 1.86. The molecule has 4 heteroatoms. The van der Waals surface area contributed by atoms with E-state index in [1.807, 2.05) is 49.9 Å². The van der Waals surface area contributed by atoms with Crippen LogP contribution in [0.4, 0.5) is 5.69 Å². The van der Waals surface area contributed by atoms with Crippen molar-refractivity contribution in [2.75, 3.05) is 18.0 Å². The van der Waals surface area contributed by atoms with Crippen molar-refractivity contribution in [1.29, 1.82) is 0 Å². The Hall–Kier alpha value is -2.28. The van der Waals surface area contributed by atoms with Crippen LogP contribution in [0.25, 0.3) is 0 Å². The number of carbonyl (C=O) groups excluding carboxylic acids is 2. The number of benzene rings is 1. The lowest BCUT2D eigenvalue weighted by atomic mass is 9.92. The average molecular weight is 326 g/mol. The van der Waals surface area contributed by atoms with Crippen molar-refractivity contribution in [2.45, 2.75) is 46.5 Å². The van der Waals surface area contributed by atoms with Gasteiger partial charge in [-0.2, -0.15) is 0 Å². The summed E-state index contributed by atoms with van der Waals surface area (Å²) in [6.07, 6.45) is 3.17. The van der Waals surface area contributed by atoms with E-state index in [1.54, 1.807) is 0 Å². The number of piperidine rings is 1. The van der Waals surface area contributed by atoms with Crippen LogP contribution in [0.5, 0.6) is 0 Å². The molecule has 24 heavy (non-hydrogen) atoms. The fourth-order valence-corrected chi connectivity index (χ4v) is 2.64. The Kier molecular flexibility index (Phi) is 6.03. The van der Waals surface area contributed by atoms with E-state index in [-0.39, 0.29) is 17.2 Å². The van der Waals surface area contributed by atoms with Gasteiger partial charge in [-0.15, -0.1) is 0 Å². The highest BCUT2D eigenvalue weighted by Gasteiger charge is 2.19. The molecule has 1 aromatic carbocycles. The summed E-state index contributed by atoms with van der Waals surface area (Å²) in [7, 11) is 0. The highest BCUT2D eigenvalue weighted by molar-refractivity contribution is 5.94. The van der Waals surface area contributed by atoms with E-state index in [1.165, 1.54) is 0 Å². The van der Waals surface area contributed by atoms with Gasteiger partial charge in [0.2, 0.25) is 11.8 Å². The van der Waals surface area contributed by atoms with Crippen LogP contribution in [-0.4, -0.2) is 24.9 Å². The Labute approximate surface area is 144 Å². The molecule has 2 rings (SSSR count). The van der Waals surface area contributed by atoms with Gasteiger partial charge in [0.05, 0.1) is 6.54 Å². The normalized spacial score (nSPS) is 14.8. The summed E-state index contributed by atoms with van der Waals surface area (Å²) < 4.78 is 0. The number of anilines is 1. The SMILES string of the molecule is CC(C)(C)CC(=O)NCC#Cc1ccc(N2CCCCC2=O)cc1. The molecule has 0 unspecified atom stereocenters. The van der Waals surface area contributed by atoms with E-state index < -0.39 is 0 Å². The molecule has 1 aliphatic rings. The minimum atomic E-state index is -0.0147. The van der Waals surface area contributed by atoms with Crippen LogP contribution in [0, 0.1) is 17.3 Å². The summed E-state index contributed by atoms with van der Waals surface area (Å²) in [5, 5.41) is 2.81. The number of nitrogens with zero attached hydrogens (tertiary/aromatic N) is 1. The quantitative estimate of drug-likeness (QED) is 0.868. The summed E-state index contributed by atoms with van der Waals surface area (Å²) in [4.78, 5) is 25.5. The van der Waals surface area contributed by atoms with Crippen LogP contribution < -0.4 is 10.2 Å². The maximum absolute atomic E-state index is 11.9. The third-order valence-electron chi connectivity index (χ3n) is 3.80. The third kappa shape index (κ3) is 5.73. The molecule has 0 spiro atoms. The average Bonchev–Trinajstić information content (AvgIpc) is 2.51. The molecule has 1 aromatic rings. The number of hydrogen-bond donors (Lipinski definition) is 1. The van der Waals surface area contributed by atoms with Crippen LogP contribution in [-0.2, 0) is 9.59 Å². The van der Waals surface area contributed by atoms with Gasteiger partial charge in [0.1, 0.15) is 0 Å². The van der Waals surface area contributed by atoms with Crippen LogP contribution in [0.3, 0.4) is 0 Å². The number of carbonyl (C=O) groups is 2. The number of hydrogen-bond acceptors (Lipinski definition) is 2. The molecular weight excluding hydrogens is 300 g/mol. The van der Waals surface area contributed by atoms with E-state index in [2.05, 4.69) is 17.2 Å². The molecule has 0 saturated carbocycles. The Morgan fingerprint density at radius 3 is 2.54 bits per heavy atom. The first-order valence-electron chi connectivity index (χ1n) is 8.51. The Morgan fingerprint density at radius 1 is 1.21 bits per heavy atom. The summed E-state index contributed by atoms with van der Waals surface area (Å²) in [6, 6.07) is 7.71. The van der Waals surface area contributed by atoms with Crippen molar-refractivity contribution in [2.24, 2.45) is 5.41 Å². The molecule has 2 amide bonds. The minimum Gasteiger partial charge on any atom is -0.345 e. The third-order valence-corrected chi connectivity index (χ3v) is 3.80. The molecule has 0 aromatic heterocycles. The van der Waals surface area contributed by atoms with Gasteiger partial charge in [-0.3, -0.25) is 9.59 Å². The van der Waals surface area contributed by atoms with Gasteiger partial charge in [0.15, 0.2) is 0 Å². The molecule has 1 aliphatic heterocycles. The van der Waals surface area contributed by atoms with Crippen LogP contribution in [0.1, 0.15) is 52.0 Å². The minimum absolute atomic E-state index is 0.0147. The summed E-state index contributed by atoms with van der Waals surface area (Å²) in [5.74, 6) is 6.22. The summed E-state index contributed by atoms with van der Waals surface area (Å²) in [6.45, 7) is 7.25. The van der Waals surface area contributed by atoms with Crippen LogP contribution in [0.15, 0.2) is 24.3 Å². The van der Waals surface area contributed by atoms with Gasteiger partial charge in [0, 0.05) is 30.6 Å². The number of amides is 2. The largest absolute Gasteiger partial charge is 0.345 e. The van der Waals surface area contributed by atoms with Crippen molar-refractivity contribution in [1.82, 2.24) is 5.32 Å². The summed E-state index contributed by atoms with van der Waals surface area (Å²) in [5.41, 5.74) is 1.80. The van der Waals surface area contributed by atoms with E-state index in [0.717, 1.165) is 30.6 Å². The zero-order chi connectivity index (χ0) is 17.6. The van der Waals surface area contributed by atoms with Crippen molar-refractivity contribution in [3.8, 4) is 11.8 Å². The van der Waals surface area contributed by atoms with E-state index in [9.17, 15) is 9.59 Å². The predicted molar refractivity (Wildman–Crippen MR) is 96.6 cm³/mol. The Morgan fingerprint density at radius 2 is 1.92 bits per heavy atom. The first-order valence-corrected chi connectivity index (χ1v) is 8.51. The van der Waals surface area contributed by atoms with E-state index in [4.69, 9.17) is 0 Å². The molecule has 4 nitrogen and oxygen atoms in total. The van der Waals surface area contributed by atoms with Gasteiger partial charge in [-0.1, -0.05) is 32.6 Å². The lowest BCUT2D eigenvalue weighted by Gasteiger charge is -2.26. The molecule has 0 bridgehead atoms. The summed E-state index contributed by atoms with van der Waals surface area (Å²) >= 11 is 0. The smallest absolute Gasteiger partial charge is 0.226 e. The Bertz CT molecular complexity index is 645. The molecule has 128 valence electrons. The lowest BCUT2D eigenvalue weighted by molar-refractivity contribution is -0.122. The highest BCUT2D eigenvalue weighted by Crippen LogP contribution is 2.21. The molecule has 0 radical (unpaired) electrons. The lowest BCUT2D eigenvalue weighted by Crippen LogP contribution is -2.35. The van der Waals surface area contributed by atoms with Gasteiger partial charge in [0.25, 0.3) is 0 Å². The second-order valence-corrected chi connectivity index (χ2v) is 7.37. The number of rotatable bonds is 3. The molecule has 1 heterocycles. The zero-order valence-electron chi connectivity index (χ0n) is 14.8. The standard InChI is InChI=1S/C20H26N2O2/c1-20(2,3)15-18(23)21-13-6-7-16-9-11-17(12-10-16)22-14-5-4-8-19(22)24/h9-12H,4-5,8,13-15H2,1-3H3,(H,21,23). The molecule has 1 saturated heterocycles. The first kappa shape index (κ1) is 18.1.